The van der Waals surface area contributed by atoms with Gasteiger partial charge in [-0.1, -0.05) is 23.7 Å². The van der Waals surface area contributed by atoms with Crippen LogP contribution < -0.4 is 15.6 Å². The summed E-state index contributed by atoms with van der Waals surface area (Å²) in [4.78, 5) is 30.9. The van der Waals surface area contributed by atoms with E-state index in [2.05, 4.69) is 10.3 Å². The second kappa shape index (κ2) is 9.93. The highest BCUT2D eigenvalue weighted by atomic mass is 35.5. The number of imidazole rings is 1. The van der Waals surface area contributed by atoms with Crippen molar-refractivity contribution in [1.29, 1.82) is 0 Å². The molecule has 0 bridgehead atoms. The Kier molecular flexibility index (Phi) is 6.57. The molecular weight excluding hydrogens is 525 g/mol. The zero-order valence-electron chi connectivity index (χ0n) is 21.4. The topological polar surface area (TPSA) is 113 Å². The van der Waals surface area contributed by atoms with Gasteiger partial charge < -0.3 is 29.6 Å². The number of rotatable bonds is 8. The highest BCUT2D eigenvalue weighted by molar-refractivity contribution is 6.38. The molecule has 1 aliphatic carbocycles. The third kappa shape index (κ3) is 4.66. The number of carboxylic acid groups (broad SMARTS) is 1. The van der Waals surface area contributed by atoms with Gasteiger partial charge in [0.25, 0.3) is 0 Å². The Morgan fingerprint density at radius 1 is 1.28 bits per heavy atom. The summed E-state index contributed by atoms with van der Waals surface area (Å²) in [5.74, 6) is -1.16. The molecule has 2 aromatic heterocycles. The van der Waals surface area contributed by atoms with Gasteiger partial charge in [-0.15, -0.1) is 0 Å². The second-order valence-corrected chi connectivity index (χ2v) is 10.9. The molecule has 4 aromatic rings. The van der Waals surface area contributed by atoms with Crippen LogP contribution in [0.4, 0.5) is 10.1 Å². The van der Waals surface area contributed by atoms with E-state index in [1.807, 2.05) is 40.7 Å². The van der Waals surface area contributed by atoms with Gasteiger partial charge in [0.15, 0.2) is 0 Å². The van der Waals surface area contributed by atoms with Crippen molar-refractivity contribution in [3.8, 4) is 0 Å². The van der Waals surface area contributed by atoms with Gasteiger partial charge in [-0.3, -0.25) is 4.79 Å². The van der Waals surface area contributed by atoms with Crippen molar-refractivity contribution in [3.05, 3.63) is 69.0 Å². The van der Waals surface area contributed by atoms with Gasteiger partial charge in [0.1, 0.15) is 17.2 Å². The van der Waals surface area contributed by atoms with Crippen molar-refractivity contribution in [2.45, 2.75) is 50.9 Å². The molecule has 39 heavy (non-hydrogen) atoms. The van der Waals surface area contributed by atoms with Crippen LogP contribution in [0.25, 0.3) is 21.9 Å². The molecule has 2 aromatic carbocycles. The SMILES string of the molecule is Cc1nc2ccccc2n1CC(O)CNC1CCN(c2c(F)cc3c(=O)c(C(=O)O)cn(C4CC4)c3c2Cl)C1. The first-order valence-electron chi connectivity index (χ1n) is 13.1. The summed E-state index contributed by atoms with van der Waals surface area (Å²) < 4.78 is 19.1. The van der Waals surface area contributed by atoms with E-state index in [1.165, 1.54) is 6.20 Å². The largest absolute Gasteiger partial charge is 0.477 e. The maximum atomic E-state index is 15.4. The Morgan fingerprint density at radius 3 is 2.79 bits per heavy atom. The second-order valence-electron chi connectivity index (χ2n) is 10.5. The molecule has 204 valence electrons. The van der Waals surface area contributed by atoms with Gasteiger partial charge >= 0.3 is 5.97 Å². The van der Waals surface area contributed by atoms with Crippen molar-refractivity contribution in [3.63, 3.8) is 0 Å². The Balaban J connectivity index is 1.19. The number of halogens is 2. The number of benzene rings is 2. The van der Waals surface area contributed by atoms with E-state index in [-0.39, 0.29) is 33.7 Å². The monoisotopic (exact) mass is 553 g/mol. The maximum absolute atomic E-state index is 15.4. The van der Waals surface area contributed by atoms with E-state index < -0.39 is 23.3 Å². The van der Waals surface area contributed by atoms with Crippen LogP contribution in [-0.4, -0.2) is 62.1 Å². The number of aliphatic hydroxyl groups excluding tert-OH is 1. The quantitative estimate of drug-likeness (QED) is 0.305. The summed E-state index contributed by atoms with van der Waals surface area (Å²) in [5.41, 5.74) is 1.33. The lowest BCUT2D eigenvalue weighted by atomic mass is 10.1. The fraction of sp³-hybridized carbons (Fsp3) is 0.393. The van der Waals surface area contributed by atoms with Crippen LogP contribution in [0.5, 0.6) is 0 Å². The number of anilines is 1. The molecule has 0 amide bonds. The summed E-state index contributed by atoms with van der Waals surface area (Å²) in [5, 5.41) is 23.7. The number of aromatic nitrogens is 3. The van der Waals surface area contributed by atoms with E-state index in [9.17, 15) is 19.8 Å². The van der Waals surface area contributed by atoms with Gasteiger partial charge in [0.2, 0.25) is 5.43 Å². The summed E-state index contributed by atoms with van der Waals surface area (Å²) in [6, 6.07) is 8.97. The molecule has 1 saturated heterocycles. The molecule has 2 fully saturated rings. The lowest BCUT2D eigenvalue weighted by Gasteiger charge is -2.24. The number of fused-ring (bicyclic) bond motifs is 2. The van der Waals surface area contributed by atoms with Crippen LogP contribution in [0, 0.1) is 12.7 Å². The van der Waals surface area contributed by atoms with Crippen LogP contribution in [0.15, 0.2) is 41.3 Å². The minimum atomic E-state index is -1.34. The number of hydrogen-bond donors (Lipinski definition) is 3. The molecule has 11 heteroatoms. The Bertz CT molecular complexity index is 1660. The highest BCUT2D eigenvalue weighted by Gasteiger charge is 2.32. The summed E-state index contributed by atoms with van der Waals surface area (Å²) >= 11 is 6.77. The molecule has 0 spiro atoms. The Labute approximate surface area is 228 Å². The van der Waals surface area contributed by atoms with Crippen LogP contribution in [0.1, 0.15) is 41.5 Å². The predicted molar refractivity (Wildman–Crippen MR) is 148 cm³/mol. The van der Waals surface area contributed by atoms with Crippen molar-refractivity contribution in [2.75, 3.05) is 24.5 Å². The number of nitrogens with zero attached hydrogens (tertiary/aromatic N) is 4. The number of para-hydroxylation sites is 2. The number of pyridine rings is 1. The number of carbonyl (C=O) groups is 1. The fourth-order valence-electron chi connectivity index (χ4n) is 5.65. The van der Waals surface area contributed by atoms with Crippen molar-refractivity contribution < 1.29 is 19.4 Å². The van der Waals surface area contributed by atoms with Crippen molar-refractivity contribution in [1.82, 2.24) is 19.4 Å². The molecule has 6 rings (SSSR count). The molecular formula is C28H29ClFN5O4. The standard InChI is InChI=1S/C28H29ClFN5O4/c1-15-32-22-4-2-3-5-23(22)34(15)13-18(36)11-31-16-8-9-33(12-16)26-21(30)10-19-25(24(26)29)35(17-6-7-17)14-20(27(19)37)28(38)39/h2-5,10,14,16-18,31,36H,6-9,11-13H2,1H3,(H,38,39). The molecule has 3 heterocycles. The smallest absolute Gasteiger partial charge is 0.341 e. The fourth-order valence-corrected chi connectivity index (χ4v) is 6.06. The van der Waals surface area contributed by atoms with Gasteiger partial charge in [-0.05, 0) is 44.4 Å². The minimum absolute atomic E-state index is 0.00598. The molecule has 2 atom stereocenters. The van der Waals surface area contributed by atoms with E-state index in [4.69, 9.17) is 11.6 Å². The average molecular weight is 554 g/mol. The number of hydrogen-bond acceptors (Lipinski definition) is 6. The van der Waals surface area contributed by atoms with E-state index >= 15 is 4.39 Å². The average Bonchev–Trinajstić information content (AvgIpc) is 3.56. The summed E-state index contributed by atoms with van der Waals surface area (Å²) in [7, 11) is 0. The van der Waals surface area contributed by atoms with Crippen LogP contribution in [0.2, 0.25) is 5.02 Å². The summed E-state index contributed by atoms with van der Waals surface area (Å²) in [6.45, 7) is 3.70. The number of aliphatic hydroxyl groups is 1. The number of carboxylic acids is 1. The predicted octanol–water partition coefficient (Wildman–Crippen LogP) is 3.71. The van der Waals surface area contributed by atoms with E-state index in [0.29, 0.717) is 31.7 Å². The lowest BCUT2D eigenvalue weighted by Crippen LogP contribution is -2.39. The molecule has 0 radical (unpaired) electrons. The first-order chi connectivity index (χ1) is 18.7. The van der Waals surface area contributed by atoms with Gasteiger partial charge in [0.05, 0.1) is 45.3 Å². The first kappa shape index (κ1) is 25.8. The third-order valence-electron chi connectivity index (χ3n) is 7.74. The highest BCUT2D eigenvalue weighted by Crippen LogP contribution is 2.42. The molecule has 2 aliphatic rings. The van der Waals surface area contributed by atoms with Gasteiger partial charge in [-0.25, -0.2) is 14.2 Å². The molecule has 9 nitrogen and oxygen atoms in total. The van der Waals surface area contributed by atoms with Crippen LogP contribution in [0.3, 0.4) is 0 Å². The number of aryl methyl sites for hydroxylation is 1. The summed E-state index contributed by atoms with van der Waals surface area (Å²) in [6.07, 6.45) is 3.09. The zero-order chi connectivity index (χ0) is 27.4. The normalized spacial score (nSPS) is 18.4. The number of aromatic carboxylic acids is 1. The van der Waals surface area contributed by atoms with Crippen molar-refractivity contribution in [2.24, 2.45) is 0 Å². The first-order valence-corrected chi connectivity index (χ1v) is 13.5. The van der Waals surface area contributed by atoms with Crippen LogP contribution >= 0.6 is 11.6 Å². The third-order valence-corrected chi connectivity index (χ3v) is 8.10. The maximum Gasteiger partial charge on any atom is 0.341 e. The molecule has 1 saturated carbocycles. The van der Waals surface area contributed by atoms with Gasteiger partial charge in [0, 0.05) is 37.9 Å². The van der Waals surface area contributed by atoms with E-state index in [0.717, 1.165) is 42.2 Å². The van der Waals surface area contributed by atoms with Gasteiger partial charge in [-0.2, -0.15) is 0 Å². The molecule has 2 unspecified atom stereocenters. The van der Waals surface area contributed by atoms with Crippen LogP contribution in [-0.2, 0) is 6.54 Å². The number of nitrogens with one attached hydrogen (secondary N) is 1. The molecule has 1 aliphatic heterocycles. The lowest BCUT2D eigenvalue weighted by molar-refractivity contribution is 0.0694. The van der Waals surface area contributed by atoms with E-state index in [1.54, 1.807) is 4.57 Å². The Morgan fingerprint density at radius 2 is 2.05 bits per heavy atom. The van der Waals surface area contributed by atoms with Crippen molar-refractivity contribution >= 4 is 45.2 Å². The zero-order valence-corrected chi connectivity index (χ0v) is 22.2. The minimum Gasteiger partial charge on any atom is -0.477 e. The molecule has 3 N–H and O–H groups in total. The Hall–Kier alpha value is -3.47.